The summed E-state index contributed by atoms with van der Waals surface area (Å²) in [5.74, 6) is -7.33. The number of carbonyl (C=O) groups excluding carboxylic acids is 1. The van der Waals surface area contributed by atoms with Gasteiger partial charge in [-0.05, 0) is 29.2 Å². The minimum atomic E-state index is -3.04. The molecule has 3 fully saturated rings. The highest BCUT2D eigenvalue weighted by Gasteiger charge is 2.65. The highest BCUT2D eigenvalue weighted by molar-refractivity contribution is 7.82. The molecule has 1 heterocycles. The highest BCUT2D eigenvalue weighted by atomic mass is 32.2. The van der Waals surface area contributed by atoms with Gasteiger partial charge in [-0.15, -0.1) is 0 Å². The Morgan fingerprint density at radius 2 is 1.71 bits per heavy atom. The third-order valence-electron chi connectivity index (χ3n) is 7.31. The fourth-order valence-electron chi connectivity index (χ4n) is 5.67. The Hall–Kier alpha value is -2.33. The Labute approximate surface area is 196 Å². The summed E-state index contributed by atoms with van der Waals surface area (Å²) in [4.78, 5) is 14.6. The van der Waals surface area contributed by atoms with Crippen LogP contribution in [0.4, 0.5) is 22.0 Å². The summed E-state index contributed by atoms with van der Waals surface area (Å²) in [6.07, 6.45) is 0.692. The lowest BCUT2D eigenvalue weighted by Crippen LogP contribution is -2.47. The number of amides is 1. The number of rotatable bonds is 5. The Morgan fingerprint density at radius 1 is 1.03 bits per heavy atom. The Morgan fingerprint density at radius 3 is 2.38 bits per heavy atom. The molecule has 2 saturated carbocycles. The van der Waals surface area contributed by atoms with Crippen LogP contribution in [-0.2, 0) is 21.4 Å². The van der Waals surface area contributed by atoms with Gasteiger partial charge in [0.25, 0.3) is 5.92 Å². The minimum Gasteiger partial charge on any atom is -0.342 e. The number of hydrogen-bond donors (Lipinski definition) is 1. The third kappa shape index (κ3) is 3.75. The van der Waals surface area contributed by atoms with Gasteiger partial charge in [0, 0.05) is 38.1 Å². The second kappa shape index (κ2) is 8.12. The van der Waals surface area contributed by atoms with Crippen LogP contribution in [0.2, 0.25) is 0 Å². The molecular formula is C24H23F5N2O2S. The van der Waals surface area contributed by atoms with E-state index in [2.05, 4.69) is 4.72 Å². The maximum Gasteiger partial charge on any atom is 0.264 e. The first-order valence-electron chi connectivity index (χ1n) is 11.0. The SMILES string of the molecule is CS(=O)NC1C2CN(C(=O)[C@@H]3C[C@@]3(F)c3ccccc3-c3c(F)cccc3F)CC2CC1(F)F. The number of likely N-dealkylation sites (tertiary alicyclic amines) is 1. The lowest BCUT2D eigenvalue weighted by atomic mass is 9.93. The third-order valence-corrected chi connectivity index (χ3v) is 7.90. The number of benzene rings is 2. The van der Waals surface area contributed by atoms with E-state index in [1.807, 2.05) is 0 Å². The van der Waals surface area contributed by atoms with Crippen LogP contribution in [0, 0.1) is 29.4 Å². The van der Waals surface area contributed by atoms with Crippen molar-refractivity contribution >= 4 is 16.9 Å². The smallest absolute Gasteiger partial charge is 0.264 e. The summed E-state index contributed by atoms with van der Waals surface area (Å²) >= 11 is 0. The van der Waals surface area contributed by atoms with Gasteiger partial charge in [-0.2, -0.15) is 0 Å². The molecule has 1 saturated heterocycles. The fraction of sp³-hybridized carbons (Fsp3) is 0.458. The molecule has 0 radical (unpaired) electrons. The van der Waals surface area contributed by atoms with E-state index in [9.17, 15) is 26.6 Å². The molecule has 0 aromatic heterocycles. The Bertz CT molecular complexity index is 1160. The first kappa shape index (κ1) is 23.4. The van der Waals surface area contributed by atoms with E-state index >= 15 is 4.39 Å². The topological polar surface area (TPSA) is 49.4 Å². The van der Waals surface area contributed by atoms with E-state index in [4.69, 9.17) is 0 Å². The van der Waals surface area contributed by atoms with Crippen LogP contribution in [0.1, 0.15) is 18.4 Å². The number of nitrogens with zero attached hydrogens (tertiary/aromatic N) is 1. The van der Waals surface area contributed by atoms with E-state index in [0.29, 0.717) is 0 Å². The number of nitrogens with one attached hydrogen (secondary N) is 1. The summed E-state index contributed by atoms with van der Waals surface area (Å²) < 4.78 is 87.6. The van der Waals surface area contributed by atoms with Crippen LogP contribution >= 0.6 is 0 Å². The number of alkyl halides is 3. The van der Waals surface area contributed by atoms with Crippen molar-refractivity contribution in [1.29, 1.82) is 0 Å². The zero-order valence-corrected chi connectivity index (χ0v) is 19.1. The molecule has 2 aliphatic carbocycles. The molecule has 2 aromatic carbocycles. The van der Waals surface area contributed by atoms with Gasteiger partial charge >= 0.3 is 0 Å². The molecule has 0 bridgehead atoms. The number of fused-ring (bicyclic) bond motifs is 1. The summed E-state index contributed by atoms with van der Waals surface area (Å²) in [7, 11) is -1.65. The molecule has 1 N–H and O–H groups in total. The first-order chi connectivity index (χ1) is 16.0. The monoisotopic (exact) mass is 498 g/mol. The van der Waals surface area contributed by atoms with Crippen molar-refractivity contribution in [2.75, 3.05) is 19.3 Å². The zero-order valence-electron chi connectivity index (χ0n) is 18.2. The van der Waals surface area contributed by atoms with Gasteiger partial charge in [0.1, 0.15) is 17.3 Å². The van der Waals surface area contributed by atoms with Gasteiger partial charge in [0.15, 0.2) is 0 Å². The average Bonchev–Trinajstić information content (AvgIpc) is 3.20. The highest BCUT2D eigenvalue weighted by Crippen LogP contribution is 2.59. The zero-order chi connectivity index (χ0) is 24.4. The van der Waals surface area contributed by atoms with E-state index in [1.54, 1.807) is 12.1 Å². The standard InChI is InChI=1S/C24H23F5N2O2S/c1-34(33)30-21-15-12-31(11-13(15)9-24(21,28)29)22(32)17-10-23(17,27)16-6-3-2-5-14(16)20-18(25)7-4-8-19(20)26/h2-8,13,15,17,21,30H,9-12H2,1H3/t13?,15?,17-,21?,23+,34?/m0/s1. The predicted molar refractivity (Wildman–Crippen MR) is 117 cm³/mol. The lowest BCUT2D eigenvalue weighted by molar-refractivity contribution is -0.133. The molecule has 34 heavy (non-hydrogen) atoms. The summed E-state index contributed by atoms with van der Waals surface area (Å²) in [5, 5.41) is 0. The van der Waals surface area contributed by atoms with Gasteiger partial charge in [-0.1, -0.05) is 30.3 Å². The van der Waals surface area contributed by atoms with Gasteiger partial charge in [0.05, 0.1) is 28.5 Å². The average molecular weight is 499 g/mol. The maximum atomic E-state index is 16.0. The van der Waals surface area contributed by atoms with E-state index in [-0.39, 0.29) is 36.2 Å². The van der Waals surface area contributed by atoms with Crippen molar-refractivity contribution in [3.05, 3.63) is 59.7 Å². The number of hydrogen-bond acceptors (Lipinski definition) is 2. The molecule has 3 aliphatic rings. The molecular weight excluding hydrogens is 475 g/mol. The van der Waals surface area contributed by atoms with Crippen LogP contribution in [0.25, 0.3) is 11.1 Å². The summed E-state index contributed by atoms with van der Waals surface area (Å²) in [6.45, 7) is 0.0912. The summed E-state index contributed by atoms with van der Waals surface area (Å²) in [6, 6.07) is 7.99. The largest absolute Gasteiger partial charge is 0.342 e. The van der Waals surface area contributed by atoms with E-state index in [0.717, 1.165) is 12.1 Å². The van der Waals surface area contributed by atoms with Crippen molar-refractivity contribution in [3.8, 4) is 11.1 Å². The van der Waals surface area contributed by atoms with E-state index < -0.39 is 70.3 Å². The molecule has 0 spiro atoms. The molecule has 5 rings (SSSR count). The number of carbonyl (C=O) groups is 1. The van der Waals surface area contributed by atoms with E-state index in [1.165, 1.54) is 29.4 Å². The molecule has 6 atom stereocenters. The lowest BCUT2D eigenvalue weighted by Gasteiger charge is -2.26. The first-order valence-corrected chi connectivity index (χ1v) is 12.6. The Kier molecular flexibility index (Phi) is 5.59. The molecule has 2 aromatic rings. The van der Waals surface area contributed by atoms with Crippen LogP contribution in [-0.4, -0.2) is 46.3 Å². The molecule has 182 valence electrons. The van der Waals surface area contributed by atoms with Crippen LogP contribution in [0.5, 0.6) is 0 Å². The second-order valence-electron chi connectivity index (χ2n) is 9.44. The minimum absolute atomic E-state index is 0.0180. The molecule has 10 heteroatoms. The normalized spacial score (nSPS) is 32.5. The number of halogens is 5. The van der Waals surface area contributed by atoms with Crippen molar-refractivity contribution in [2.24, 2.45) is 17.8 Å². The second-order valence-corrected chi connectivity index (χ2v) is 10.6. The van der Waals surface area contributed by atoms with Crippen molar-refractivity contribution in [3.63, 3.8) is 0 Å². The van der Waals surface area contributed by atoms with Crippen LogP contribution in [0.15, 0.2) is 42.5 Å². The predicted octanol–water partition coefficient (Wildman–Crippen LogP) is 4.18. The fourth-order valence-corrected chi connectivity index (χ4v) is 6.37. The quantitative estimate of drug-likeness (QED) is 0.629. The molecule has 1 aliphatic heterocycles. The van der Waals surface area contributed by atoms with Crippen molar-refractivity contribution in [1.82, 2.24) is 9.62 Å². The van der Waals surface area contributed by atoms with Gasteiger partial charge in [-0.3, -0.25) is 4.79 Å². The van der Waals surface area contributed by atoms with Crippen LogP contribution < -0.4 is 4.72 Å². The van der Waals surface area contributed by atoms with Crippen molar-refractivity contribution in [2.45, 2.75) is 30.5 Å². The maximum absolute atomic E-state index is 16.0. The van der Waals surface area contributed by atoms with Crippen LogP contribution in [0.3, 0.4) is 0 Å². The molecule has 4 unspecified atom stereocenters. The van der Waals surface area contributed by atoms with Gasteiger partial charge < -0.3 is 4.90 Å². The van der Waals surface area contributed by atoms with Crippen molar-refractivity contribution < 1.29 is 31.0 Å². The van der Waals surface area contributed by atoms with Gasteiger partial charge in [-0.25, -0.2) is 30.9 Å². The Balaban J connectivity index is 1.37. The molecule has 4 nitrogen and oxygen atoms in total. The molecule has 1 amide bonds. The summed E-state index contributed by atoms with van der Waals surface area (Å²) in [5.41, 5.74) is -2.38. The van der Waals surface area contributed by atoms with Gasteiger partial charge in [0.2, 0.25) is 5.91 Å².